The summed E-state index contributed by atoms with van der Waals surface area (Å²) >= 11 is 6.14. The lowest BCUT2D eigenvalue weighted by Crippen LogP contribution is -2.36. The first-order valence-electron chi connectivity index (χ1n) is 8.95. The van der Waals surface area contributed by atoms with Crippen molar-refractivity contribution in [1.29, 1.82) is 0 Å². The van der Waals surface area contributed by atoms with Gasteiger partial charge in [-0.05, 0) is 60.9 Å². The second-order valence-electron chi connectivity index (χ2n) is 6.49. The third kappa shape index (κ3) is 4.42. The Morgan fingerprint density at radius 2 is 1.55 bits per heavy atom. The molecule has 0 aliphatic heterocycles. The zero-order chi connectivity index (χ0) is 21.0. The van der Waals surface area contributed by atoms with E-state index in [1.807, 2.05) is 13.0 Å². The van der Waals surface area contributed by atoms with Crippen molar-refractivity contribution in [3.05, 3.63) is 101 Å². The summed E-state index contributed by atoms with van der Waals surface area (Å²) in [7, 11) is -4.11. The average Bonchev–Trinajstić information content (AvgIpc) is 2.71. The molecule has 0 spiro atoms. The highest BCUT2D eigenvalue weighted by molar-refractivity contribution is 7.93. The predicted octanol–water partition coefficient (Wildman–Crippen LogP) is 5.39. The van der Waals surface area contributed by atoms with Gasteiger partial charge in [-0.1, -0.05) is 60.1 Å². The van der Waals surface area contributed by atoms with Crippen LogP contribution >= 0.6 is 11.6 Å². The zero-order valence-electron chi connectivity index (χ0n) is 16.0. The summed E-state index contributed by atoms with van der Waals surface area (Å²) in [4.78, 5) is 13.2. The average molecular weight is 426 g/mol. The quantitative estimate of drug-likeness (QED) is 0.515. The maximum Gasteiger partial charge on any atom is 0.271 e. The van der Waals surface area contributed by atoms with Gasteiger partial charge in [0.2, 0.25) is 0 Å². The molecule has 0 aromatic heterocycles. The highest BCUT2D eigenvalue weighted by Gasteiger charge is 2.31. The smallest absolute Gasteiger partial charge is 0.268 e. The highest BCUT2D eigenvalue weighted by Crippen LogP contribution is 2.29. The van der Waals surface area contributed by atoms with Gasteiger partial charge in [-0.3, -0.25) is 4.79 Å². The number of anilines is 1. The third-order valence-corrected chi connectivity index (χ3v) is 6.66. The van der Waals surface area contributed by atoms with Crippen molar-refractivity contribution in [2.45, 2.75) is 18.7 Å². The lowest BCUT2D eigenvalue weighted by molar-refractivity contribution is -0.113. The predicted molar refractivity (Wildman–Crippen MR) is 118 cm³/mol. The lowest BCUT2D eigenvalue weighted by atomic mass is 10.1. The molecule has 6 heteroatoms. The molecule has 0 unspecified atom stereocenters. The number of benzene rings is 3. The molecule has 1 amide bonds. The number of halogens is 1. The second kappa shape index (κ2) is 8.64. The number of hydrogen-bond donors (Lipinski definition) is 0. The van der Waals surface area contributed by atoms with Crippen LogP contribution in [-0.4, -0.2) is 14.3 Å². The maximum absolute atomic E-state index is 13.4. The monoisotopic (exact) mass is 425 g/mol. The third-order valence-electron chi connectivity index (χ3n) is 4.59. The van der Waals surface area contributed by atoms with Crippen molar-refractivity contribution in [2.24, 2.45) is 0 Å². The van der Waals surface area contributed by atoms with Gasteiger partial charge in [-0.15, -0.1) is 0 Å². The standard InChI is InChI=1S/C23H20ClNO3S/c1-17-9-8-14-22(18(17)2)25(29(27,28)20-11-4-3-5-12-20)23(26)16-15-19-10-6-7-13-21(19)24/h3-16H,1-2H3/b16-15+. The van der Waals surface area contributed by atoms with Crippen LogP contribution in [0.2, 0.25) is 5.02 Å². The Morgan fingerprint density at radius 3 is 2.24 bits per heavy atom. The number of amides is 1. The Labute approximate surface area is 176 Å². The molecule has 4 nitrogen and oxygen atoms in total. The number of carbonyl (C=O) groups excluding carboxylic acids is 1. The van der Waals surface area contributed by atoms with Crippen molar-refractivity contribution in [3.63, 3.8) is 0 Å². The molecule has 0 aliphatic carbocycles. The van der Waals surface area contributed by atoms with Crippen molar-refractivity contribution in [3.8, 4) is 0 Å². The number of carbonyl (C=O) groups is 1. The molecule has 0 fully saturated rings. The van der Waals surface area contributed by atoms with Crippen molar-refractivity contribution < 1.29 is 13.2 Å². The minimum absolute atomic E-state index is 0.0420. The summed E-state index contributed by atoms with van der Waals surface area (Å²) in [6, 6.07) is 20.2. The first kappa shape index (κ1) is 20.8. The molecule has 0 heterocycles. The van der Waals surface area contributed by atoms with E-state index in [9.17, 15) is 13.2 Å². The summed E-state index contributed by atoms with van der Waals surface area (Å²) in [6.45, 7) is 3.67. The van der Waals surface area contributed by atoms with E-state index in [1.54, 1.807) is 61.5 Å². The fraction of sp³-hybridized carbons (Fsp3) is 0.0870. The van der Waals surface area contributed by atoms with Crippen LogP contribution in [0, 0.1) is 13.8 Å². The molecular formula is C23H20ClNO3S. The molecule has 0 atom stereocenters. The Kier molecular flexibility index (Phi) is 6.20. The minimum Gasteiger partial charge on any atom is -0.268 e. The summed E-state index contributed by atoms with van der Waals surface area (Å²) in [6.07, 6.45) is 2.74. The van der Waals surface area contributed by atoms with Crippen molar-refractivity contribution >= 4 is 39.3 Å². The van der Waals surface area contributed by atoms with Gasteiger partial charge in [-0.2, -0.15) is 4.31 Å². The first-order valence-corrected chi connectivity index (χ1v) is 10.8. The van der Waals surface area contributed by atoms with Crippen LogP contribution in [0.3, 0.4) is 0 Å². The van der Waals surface area contributed by atoms with E-state index in [2.05, 4.69) is 0 Å². The van der Waals surface area contributed by atoms with Crippen LogP contribution in [0.1, 0.15) is 16.7 Å². The van der Waals surface area contributed by atoms with Crippen LogP contribution in [-0.2, 0) is 14.8 Å². The molecule has 0 bridgehead atoms. The number of sulfonamides is 1. The molecular weight excluding hydrogens is 406 g/mol. The number of aryl methyl sites for hydroxylation is 1. The molecule has 0 N–H and O–H groups in total. The molecule has 0 saturated heterocycles. The summed E-state index contributed by atoms with van der Waals surface area (Å²) in [5.74, 6) is -0.678. The van der Waals surface area contributed by atoms with E-state index in [-0.39, 0.29) is 4.90 Å². The molecule has 0 aliphatic rings. The van der Waals surface area contributed by atoms with Gasteiger partial charge in [0.25, 0.3) is 15.9 Å². The number of rotatable bonds is 5. The Hall–Kier alpha value is -2.89. The maximum atomic E-state index is 13.4. The van der Waals surface area contributed by atoms with Crippen LogP contribution in [0.4, 0.5) is 5.69 Å². The summed E-state index contributed by atoms with van der Waals surface area (Å²) in [5.41, 5.74) is 2.55. The summed E-state index contributed by atoms with van der Waals surface area (Å²) < 4.78 is 27.6. The SMILES string of the molecule is Cc1cccc(N(C(=O)/C=C/c2ccccc2Cl)S(=O)(=O)c2ccccc2)c1C. The fourth-order valence-corrected chi connectivity index (χ4v) is 4.52. The molecule has 148 valence electrons. The van der Waals surface area contributed by atoms with Gasteiger partial charge >= 0.3 is 0 Å². The Bertz CT molecular complexity index is 1170. The fourth-order valence-electron chi connectivity index (χ4n) is 2.86. The largest absolute Gasteiger partial charge is 0.271 e. The number of nitrogens with zero attached hydrogens (tertiary/aromatic N) is 1. The van der Waals surface area contributed by atoms with Gasteiger partial charge in [0, 0.05) is 11.1 Å². The first-order chi connectivity index (χ1) is 13.8. The minimum atomic E-state index is -4.11. The van der Waals surface area contributed by atoms with E-state index in [1.165, 1.54) is 24.3 Å². The van der Waals surface area contributed by atoms with E-state index >= 15 is 0 Å². The van der Waals surface area contributed by atoms with E-state index < -0.39 is 15.9 Å². The second-order valence-corrected chi connectivity index (χ2v) is 8.69. The number of hydrogen-bond acceptors (Lipinski definition) is 3. The van der Waals surface area contributed by atoms with E-state index in [0.717, 1.165) is 9.87 Å². The normalized spacial score (nSPS) is 11.6. The topological polar surface area (TPSA) is 54.5 Å². The van der Waals surface area contributed by atoms with Crippen LogP contribution in [0.25, 0.3) is 6.08 Å². The van der Waals surface area contributed by atoms with E-state index in [4.69, 9.17) is 11.6 Å². The van der Waals surface area contributed by atoms with Crippen LogP contribution in [0.5, 0.6) is 0 Å². The Morgan fingerprint density at radius 1 is 0.897 bits per heavy atom. The van der Waals surface area contributed by atoms with Gasteiger partial charge < -0.3 is 0 Å². The molecule has 3 aromatic rings. The van der Waals surface area contributed by atoms with Gasteiger partial charge in [0.05, 0.1) is 10.6 Å². The molecule has 0 radical (unpaired) electrons. The lowest BCUT2D eigenvalue weighted by Gasteiger charge is -2.24. The van der Waals surface area contributed by atoms with Gasteiger partial charge in [-0.25, -0.2) is 8.42 Å². The summed E-state index contributed by atoms with van der Waals surface area (Å²) in [5, 5.41) is 0.473. The molecule has 3 rings (SSSR count). The molecule has 3 aromatic carbocycles. The van der Waals surface area contributed by atoms with Gasteiger partial charge in [0.1, 0.15) is 0 Å². The molecule has 0 saturated carbocycles. The molecule has 29 heavy (non-hydrogen) atoms. The van der Waals surface area contributed by atoms with Crippen LogP contribution in [0.15, 0.2) is 83.8 Å². The van der Waals surface area contributed by atoms with Crippen LogP contribution < -0.4 is 4.31 Å². The van der Waals surface area contributed by atoms with Crippen molar-refractivity contribution in [1.82, 2.24) is 0 Å². The van der Waals surface area contributed by atoms with Crippen molar-refractivity contribution in [2.75, 3.05) is 4.31 Å². The highest BCUT2D eigenvalue weighted by atomic mass is 35.5. The Balaban J connectivity index is 2.12. The van der Waals surface area contributed by atoms with Gasteiger partial charge in [0.15, 0.2) is 0 Å². The zero-order valence-corrected chi connectivity index (χ0v) is 17.6. The van der Waals surface area contributed by atoms with E-state index in [0.29, 0.717) is 21.8 Å².